The second kappa shape index (κ2) is 4.47. The van der Waals surface area contributed by atoms with Crippen LogP contribution in [0.2, 0.25) is 0 Å². The van der Waals surface area contributed by atoms with Gasteiger partial charge in [0.15, 0.2) is 0 Å². The van der Waals surface area contributed by atoms with Gasteiger partial charge in [0.05, 0.1) is 5.92 Å². The second-order valence-electron chi connectivity index (χ2n) is 5.08. The van der Waals surface area contributed by atoms with Crippen molar-refractivity contribution in [3.63, 3.8) is 0 Å². The Kier molecular flexibility index (Phi) is 3.18. The number of aliphatic carboxylic acids is 1. The van der Waals surface area contributed by atoms with E-state index in [0.29, 0.717) is 6.42 Å². The Morgan fingerprint density at radius 3 is 2.94 bits per heavy atom. The van der Waals surface area contributed by atoms with Crippen LogP contribution in [0.3, 0.4) is 0 Å². The zero-order valence-electron chi connectivity index (χ0n) is 9.95. The predicted molar refractivity (Wildman–Crippen MR) is 64.1 cm³/mol. The minimum atomic E-state index is -0.761. The third-order valence-corrected chi connectivity index (χ3v) is 3.73. The molecule has 0 aromatic carbocycles. The van der Waals surface area contributed by atoms with Crippen LogP contribution in [0.4, 0.5) is 4.39 Å². The van der Waals surface area contributed by atoms with Crippen LogP contribution >= 0.6 is 0 Å². The van der Waals surface area contributed by atoms with Gasteiger partial charge >= 0.3 is 5.97 Å². The Labute approximate surface area is 101 Å². The van der Waals surface area contributed by atoms with E-state index in [2.05, 4.69) is 0 Å². The molecule has 0 aromatic rings. The lowest BCUT2D eigenvalue weighted by molar-refractivity contribution is -0.139. The van der Waals surface area contributed by atoms with Crippen molar-refractivity contribution in [1.82, 2.24) is 0 Å². The molecule has 0 aliphatic heterocycles. The molecule has 0 amide bonds. The third-order valence-electron chi connectivity index (χ3n) is 3.73. The van der Waals surface area contributed by atoms with Gasteiger partial charge in [-0.2, -0.15) is 0 Å². The molecule has 17 heavy (non-hydrogen) atoms. The van der Waals surface area contributed by atoms with Crippen LogP contribution in [0.1, 0.15) is 32.6 Å². The van der Waals surface area contributed by atoms with Gasteiger partial charge in [-0.1, -0.05) is 17.7 Å². The Morgan fingerprint density at radius 2 is 2.29 bits per heavy atom. The van der Waals surface area contributed by atoms with Crippen LogP contribution in [-0.4, -0.2) is 11.1 Å². The van der Waals surface area contributed by atoms with E-state index in [0.717, 1.165) is 24.8 Å². The monoisotopic (exact) mass is 236 g/mol. The summed E-state index contributed by atoms with van der Waals surface area (Å²) in [4.78, 5) is 11.0. The van der Waals surface area contributed by atoms with Gasteiger partial charge in [0.1, 0.15) is 5.83 Å². The van der Waals surface area contributed by atoms with E-state index >= 15 is 0 Å². The van der Waals surface area contributed by atoms with Gasteiger partial charge in [-0.25, -0.2) is 4.39 Å². The van der Waals surface area contributed by atoms with Crippen LogP contribution in [-0.2, 0) is 4.79 Å². The Bertz CT molecular complexity index is 420. The highest BCUT2D eigenvalue weighted by Gasteiger charge is 2.55. The van der Waals surface area contributed by atoms with Crippen LogP contribution in [0.25, 0.3) is 0 Å². The van der Waals surface area contributed by atoms with Gasteiger partial charge in [0, 0.05) is 5.41 Å². The van der Waals surface area contributed by atoms with E-state index in [1.54, 1.807) is 12.2 Å². The molecule has 92 valence electrons. The number of halogens is 1. The van der Waals surface area contributed by atoms with Crippen molar-refractivity contribution >= 4 is 5.97 Å². The quantitative estimate of drug-likeness (QED) is 0.755. The second-order valence-corrected chi connectivity index (χ2v) is 5.08. The average Bonchev–Trinajstić information content (AvgIpc) is 2.99. The first kappa shape index (κ1) is 12.1. The fourth-order valence-corrected chi connectivity index (χ4v) is 2.50. The van der Waals surface area contributed by atoms with Gasteiger partial charge in [-0.05, 0) is 44.8 Å². The number of carboxylic acid groups (broad SMARTS) is 1. The Balaban J connectivity index is 2.18. The molecular formula is C14H17FO2. The number of allylic oxidation sites excluding steroid dienone is 6. The highest BCUT2D eigenvalue weighted by atomic mass is 19.1. The summed E-state index contributed by atoms with van der Waals surface area (Å²) in [7, 11) is 0. The summed E-state index contributed by atoms with van der Waals surface area (Å²) in [5, 5.41) is 9.02. The molecule has 2 unspecified atom stereocenters. The lowest BCUT2D eigenvalue weighted by Crippen LogP contribution is -2.08. The predicted octanol–water partition coefficient (Wildman–Crippen LogP) is 3.62. The molecule has 1 fully saturated rings. The third kappa shape index (κ3) is 2.65. The van der Waals surface area contributed by atoms with E-state index in [1.807, 2.05) is 6.92 Å². The zero-order valence-corrected chi connectivity index (χ0v) is 9.95. The van der Waals surface area contributed by atoms with Crippen molar-refractivity contribution in [1.29, 1.82) is 0 Å². The molecule has 2 nitrogen and oxygen atoms in total. The molecule has 1 saturated carbocycles. The van der Waals surface area contributed by atoms with Crippen molar-refractivity contribution in [2.45, 2.75) is 32.6 Å². The number of carboxylic acids is 1. The van der Waals surface area contributed by atoms with Crippen LogP contribution in [0.5, 0.6) is 0 Å². The average molecular weight is 236 g/mol. The first-order valence-electron chi connectivity index (χ1n) is 5.98. The summed E-state index contributed by atoms with van der Waals surface area (Å²) < 4.78 is 13.4. The highest BCUT2D eigenvalue weighted by molar-refractivity contribution is 5.75. The summed E-state index contributed by atoms with van der Waals surface area (Å²) >= 11 is 0. The maximum Gasteiger partial charge on any atom is 0.307 e. The minimum absolute atomic E-state index is 0.297. The van der Waals surface area contributed by atoms with Crippen molar-refractivity contribution in [2.24, 2.45) is 11.3 Å². The Morgan fingerprint density at radius 1 is 1.53 bits per heavy atom. The van der Waals surface area contributed by atoms with Crippen molar-refractivity contribution < 1.29 is 14.3 Å². The summed E-state index contributed by atoms with van der Waals surface area (Å²) in [5.74, 6) is -1.39. The first-order chi connectivity index (χ1) is 8.03. The maximum atomic E-state index is 13.4. The van der Waals surface area contributed by atoms with E-state index < -0.39 is 5.97 Å². The van der Waals surface area contributed by atoms with Gasteiger partial charge in [-0.15, -0.1) is 0 Å². The molecule has 0 bridgehead atoms. The fourth-order valence-electron chi connectivity index (χ4n) is 2.50. The molecule has 0 radical (unpaired) electrons. The number of hydrogen-bond acceptors (Lipinski definition) is 1. The van der Waals surface area contributed by atoms with E-state index in [9.17, 15) is 9.18 Å². The smallest absolute Gasteiger partial charge is 0.307 e. The van der Waals surface area contributed by atoms with Crippen molar-refractivity contribution in [3.8, 4) is 0 Å². The molecule has 0 aromatic heterocycles. The zero-order chi connectivity index (χ0) is 12.5. The molecule has 2 aliphatic carbocycles. The molecule has 2 rings (SSSR count). The molecule has 0 heterocycles. The van der Waals surface area contributed by atoms with Crippen molar-refractivity contribution in [2.75, 3.05) is 0 Å². The molecule has 2 atom stereocenters. The van der Waals surface area contributed by atoms with Gasteiger partial charge in [0.25, 0.3) is 0 Å². The van der Waals surface area contributed by atoms with Crippen LogP contribution < -0.4 is 0 Å². The van der Waals surface area contributed by atoms with Crippen LogP contribution in [0, 0.1) is 11.3 Å². The Hall–Kier alpha value is -1.38. The molecule has 1 N–H and O–H groups in total. The van der Waals surface area contributed by atoms with E-state index in [-0.39, 0.29) is 17.2 Å². The van der Waals surface area contributed by atoms with Crippen LogP contribution in [0.15, 0.2) is 35.7 Å². The van der Waals surface area contributed by atoms with E-state index in [4.69, 9.17) is 5.11 Å². The molecule has 0 saturated heterocycles. The minimum Gasteiger partial charge on any atom is -0.481 e. The van der Waals surface area contributed by atoms with Crippen molar-refractivity contribution in [3.05, 3.63) is 35.7 Å². The molecule has 3 heteroatoms. The fraction of sp³-hybridized carbons (Fsp3) is 0.500. The number of carbonyl (C=O) groups is 1. The standard InChI is InChI=1S/C14H17FO2/c1-10-3-2-7-14(9-12(14)13(16)17)8-6-11(15)5-4-10/h4-6,8,12H,2-3,7,9H2,1H3,(H,16,17)/b8-6+,10-4+,11-5+. The lowest BCUT2D eigenvalue weighted by Gasteiger charge is -2.12. The number of rotatable bonds is 1. The van der Waals surface area contributed by atoms with Gasteiger partial charge in [-0.3, -0.25) is 4.79 Å². The summed E-state index contributed by atoms with van der Waals surface area (Å²) in [5.41, 5.74) is 0.840. The normalized spacial score (nSPS) is 40.9. The summed E-state index contributed by atoms with van der Waals surface area (Å²) in [6.45, 7) is 1.98. The largest absolute Gasteiger partial charge is 0.481 e. The highest BCUT2D eigenvalue weighted by Crippen LogP contribution is 2.57. The maximum absolute atomic E-state index is 13.4. The molecule has 2 aliphatic rings. The first-order valence-corrected chi connectivity index (χ1v) is 5.98. The SMILES string of the molecule is C\C1=C/C=C(F)\C=C\C2(CCC1)CC2C(=O)O. The van der Waals surface area contributed by atoms with E-state index in [1.165, 1.54) is 12.2 Å². The lowest BCUT2D eigenvalue weighted by atomic mass is 9.93. The van der Waals surface area contributed by atoms with Gasteiger partial charge < -0.3 is 5.11 Å². The van der Waals surface area contributed by atoms with Gasteiger partial charge in [0.2, 0.25) is 0 Å². The number of hydrogen-bond donors (Lipinski definition) is 1. The topological polar surface area (TPSA) is 37.3 Å². The molecular weight excluding hydrogens is 219 g/mol. The summed E-state index contributed by atoms with van der Waals surface area (Å²) in [6, 6.07) is 0. The molecule has 1 spiro atoms. The summed E-state index contributed by atoms with van der Waals surface area (Å²) in [6.07, 6.45) is 9.76.